The number of carbonyl (C=O) groups is 1. The topological polar surface area (TPSA) is 29.5 Å². The van der Waals surface area contributed by atoms with E-state index in [0.717, 1.165) is 19.5 Å². The lowest BCUT2D eigenvalue weighted by molar-refractivity contribution is -0.143. The molecule has 0 aliphatic carbocycles. The van der Waals surface area contributed by atoms with E-state index in [-0.39, 0.29) is 5.97 Å². The van der Waals surface area contributed by atoms with Gasteiger partial charge in [-0.15, -0.1) is 0 Å². The van der Waals surface area contributed by atoms with Crippen molar-refractivity contribution in [1.82, 2.24) is 0 Å². The molecule has 0 aliphatic heterocycles. The SMILES string of the molecule is CCOC(=O)CCCN(Cc1ccccc1)c1ccccc1. The molecule has 0 spiro atoms. The minimum absolute atomic E-state index is 0.116. The zero-order valence-electron chi connectivity index (χ0n) is 13.1. The third kappa shape index (κ3) is 5.24. The number of benzene rings is 2. The van der Waals surface area contributed by atoms with Crippen molar-refractivity contribution in [1.29, 1.82) is 0 Å². The number of esters is 1. The summed E-state index contributed by atoms with van der Waals surface area (Å²) < 4.78 is 4.99. The summed E-state index contributed by atoms with van der Waals surface area (Å²) in [6, 6.07) is 20.7. The number of hydrogen-bond acceptors (Lipinski definition) is 3. The smallest absolute Gasteiger partial charge is 0.305 e. The highest BCUT2D eigenvalue weighted by molar-refractivity contribution is 5.69. The average Bonchev–Trinajstić information content (AvgIpc) is 2.56. The Kier molecular flexibility index (Phi) is 6.49. The molecule has 22 heavy (non-hydrogen) atoms. The number of ether oxygens (including phenoxy) is 1. The second-order valence-corrected chi connectivity index (χ2v) is 5.15. The Morgan fingerprint density at radius 2 is 1.64 bits per heavy atom. The number of rotatable bonds is 8. The molecule has 2 aromatic rings. The first-order chi connectivity index (χ1) is 10.8. The molecular weight excluding hydrogens is 274 g/mol. The van der Waals surface area contributed by atoms with Crippen molar-refractivity contribution in [3.05, 3.63) is 66.2 Å². The Labute approximate surface area is 132 Å². The number of anilines is 1. The Bertz CT molecular complexity index is 554. The Morgan fingerprint density at radius 1 is 1.00 bits per heavy atom. The van der Waals surface area contributed by atoms with Crippen molar-refractivity contribution in [2.45, 2.75) is 26.3 Å². The van der Waals surface area contributed by atoms with Gasteiger partial charge in [0.2, 0.25) is 0 Å². The van der Waals surface area contributed by atoms with Crippen molar-refractivity contribution in [2.24, 2.45) is 0 Å². The summed E-state index contributed by atoms with van der Waals surface area (Å²) in [7, 11) is 0. The van der Waals surface area contributed by atoms with E-state index in [9.17, 15) is 4.79 Å². The minimum atomic E-state index is -0.116. The number of nitrogens with zero attached hydrogens (tertiary/aromatic N) is 1. The van der Waals surface area contributed by atoms with E-state index < -0.39 is 0 Å². The van der Waals surface area contributed by atoms with Gasteiger partial charge in [0.25, 0.3) is 0 Å². The van der Waals surface area contributed by atoms with Crippen molar-refractivity contribution in [2.75, 3.05) is 18.1 Å². The van der Waals surface area contributed by atoms with E-state index in [4.69, 9.17) is 4.74 Å². The van der Waals surface area contributed by atoms with Crippen LogP contribution in [0.4, 0.5) is 5.69 Å². The summed E-state index contributed by atoms with van der Waals surface area (Å²) in [5.41, 5.74) is 2.44. The normalized spacial score (nSPS) is 10.2. The van der Waals surface area contributed by atoms with Gasteiger partial charge in [0.15, 0.2) is 0 Å². The highest BCUT2D eigenvalue weighted by atomic mass is 16.5. The molecule has 116 valence electrons. The fraction of sp³-hybridized carbons (Fsp3) is 0.316. The highest BCUT2D eigenvalue weighted by Gasteiger charge is 2.09. The lowest BCUT2D eigenvalue weighted by Crippen LogP contribution is -2.24. The zero-order valence-corrected chi connectivity index (χ0v) is 13.1. The number of hydrogen-bond donors (Lipinski definition) is 0. The van der Waals surface area contributed by atoms with Gasteiger partial charge in [0, 0.05) is 25.2 Å². The molecule has 0 unspecified atom stereocenters. The van der Waals surface area contributed by atoms with Gasteiger partial charge in [0.05, 0.1) is 6.61 Å². The molecule has 2 rings (SSSR count). The molecule has 0 radical (unpaired) electrons. The van der Waals surface area contributed by atoms with E-state index in [1.54, 1.807) is 0 Å². The summed E-state index contributed by atoms with van der Waals surface area (Å²) in [6.45, 7) is 3.96. The maximum Gasteiger partial charge on any atom is 0.305 e. The van der Waals surface area contributed by atoms with Gasteiger partial charge in [-0.05, 0) is 31.0 Å². The predicted molar refractivity (Wildman–Crippen MR) is 89.8 cm³/mol. The van der Waals surface area contributed by atoms with Gasteiger partial charge >= 0.3 is 5.97 Å². The summed E-state index contributed by atoms with van der Waals surface area (Å²) in [5.74, 6) is -0.116. The fourth-order valence-electron chi connectivity index (χ4n) is 2.39. The maximum atomic E-state index is 11.5. The summed E-state index contributed by atoms with van der Waals surface area (Å²) in [5, 5.41) is 0. The van der Waals surface area contributed by atoms with Gasteiger partial charge in [-0.2, -0.15) is 0 Å². The van der Waals surface area contributed by atoms with Crippen LogP contribution in [-0.2, 0) is 16.1 Å². The monoisotopic (exact) mass is 297 g/mol. The Hall–Kier alpha value is -2.29. The molecule has 0 atom stereocenters. The van der Waals surface area contributed by atoms with E-state index in [1.165, 1.54) is 11.3 Å². The van der Waals surface area contributed by atoms with Gasteiger partial charge in [0.1, 0.15) is 0 Å². The van der Waals surface area contributed by atoms with Crippen molar-refractivity contribution >= 4 is 11.7 Å². The molecule has 0 amide bonds. The Balaban J connectivity index is 1.98. The number of para-hydroxylation sites is 1. The van der Waals surface area contributed by atoms with Gasteiger partial charge in [-0.1, -0.05) is 48.5 Å². The molecule has 2 aromatic carbocycles. The second-order valence-electron chi connectivity index (χ2n) is 5.15. The lowest BCUT2D eigenvalue weighted by Gasteiger charge is -2.25. The third-order valence-corrected chi connectivity index (χ3v) is 3.45. The summed E-state index contributed by atoms with van der Waals surface area (Å²) >= 11 is 0. The maximum absolute atomic E-state index is 11.5. The molecule has 0 fully saturated rings. The molecule has 0 bridgehead atoms. The highest BCUT2D eigenvalue weighted by Crippen LogP contribution is 2.17. The second kappa shape index (κ2) is 8.88. The summed E-state index contributed by atoms with van der Waals surface area (Å²) in [4.78, 5) is 13.8. The first-order valence-electron chi connectivity index (χ1n) is 7.79. The van der Waals surface area contributed by atoms with E-state index in [2.05, 4.69) is 41.3 Å². The molecule has 0 heterocycles. The molecular formula is C19H23NO2. The van der Waals surface area contributed by atoms with Gasteiger partial charge < -0.3 is 9.64 Å². The molecule has 0 saturated heterocycles. The fourth-order valence-corrected chi connectivity index (χ4v) is 2.39. The summed E-state index contributed by atoms with van der Waals surface area (Å²) in [6.07, 6.45) is 1.26. The van der Waals surface area contributed by atoms with Crippen LogP contribution in [0.25, 0.3) is 0 Å². The van der Waals surface area contributed by atoms with Crippen molar-refractivity contribution in [3.63, 3.8) is 0 Å². The van der Waals surface area contributed by atoms with Crippen LogP contribution in [-0.4, -0.2) is 19.1 Å². The van der Waals surface area contributed by atoms with E-state index >= 15 is 0 Å². The van der Waals surface area contributed by atoms with Crippen LogP contribution in [0, 0.1) is 0 Å². The lowest BCUT2D eigenvalue weighted by atomic mass is 10.1. The van der Waals surface area contributed by atoms with Crippen LogP contribution in [0.15, 0.2) is 60.7 Å². The standard InChI is InChI=1S/C19H23NO2/c1-2-22-19(21)14-9-15-20(18-12-7-4-8-13-18)16-17-10-5-3-6-11-17/h3-8,10-13H,2,9,14-16H2,1H3. The zero-order chi connectivity index (χ0) is 15.6. The van der Waals surface area contributed by atoms with Crippen molar-refractivity contribution in [3.8, 4) is 0 Å². The average molecular weight is 297 g/mol. The van der Waals surface area contributed by atoms with E-state index in [1.807, 2.05) is 31.2 Å². The van der Waals surface area contributed by atoms with Gasteiger partial charge in [-0.25, -0.2) is 0 Å². The van der Waals surface area contributed by atoms with Crippen LogP contribution < -0.4 is 4.90 Å². The third-order valence-electron chi connectivity index (χ3n) is 3.45. The molecule has 0 aromatic heterocycles. The molecule has 0 N–H and O–H groups in total. The molecule has 0 aliphatic rings. The van der Waals surface area contributed by atoms with Gasteiger partial charge in [-0.3, -0.25) is 4.79 Å². The van der Waals surface area contributed by atoms with Crippen molar-refractivity contribution < 1.29 is 9.53 Å². The Morgan fingerprint density at radius 3 is 2.27 bits per heavy atom. The minimum Gasteiger partial charge on any atom is -0.466 e. The van der Waals surface area contributed by atoms with Crippen LogP contribution in [0.5, 0.6) is 0 Å². The molecule has 0 saturated carbocycles. The molecule has 3 nitrogen and oxygen atoms in total. The van der Waals surface area contributed by atoms with Crippen LogP contribution in [0.2, 0.25) is 0 Å². The van der Waals surface area contributed by atoms with Crippen LogP contribution in [0.1, 0.15) is 25.3 Å². The van der Waals surface area contributed by atoms with E-state index in [0.29, 0.717) is 13.0 Å². The number of carbonyl (C=O) groups excluding carboxylic acids is 1. The first-order valence-corrected chi connectivity index (χ1v) is 7.79. The van der Waals surface area contributed by atoms with Crippen LogP contribution >= 0.6 is 0 Å². The first kappa shape index (κ1) is 16.1. The largest absolute Gasteiger partial charge is 0.466 e. The quantitative estimate of drug-likeness (QED) is 0.689. The molecule has 3 heteroatoms. The van der Waals surface area contributed by atoms with Crippen LogP contribution in [0.3, 0.4) is 0 Å². The predicted octanol–water partition coefficient (Wildman–Crippen LogP) is 4.04.